The Kier molecular flexibility index (Phi) is 4.58. The Labute approximate surface area is 108 Å². The number of rotatable bonds is 4. The molecule has 0 radical (unpaired) electrons. The molecule has 0 saturated heterocycles. The van der Waals surface area contributed by atoms with Crippen molar-refractivity contribution in [2.24, 2.45) is 18.3 Å². The summed E-state index contributed by atoms with van der Waals surface area (Å²) in [7, 11) is 1.92. The van der Waals surface area contributed by atoms with Crippen LogP contribution in [0.25, 0.3) is 0 Å². The summed E-state index contributed by atoms with van der Waals surface area (Å²) in [6, 6.07) is 0.210. The Morgan fingerprint density at radius 3 is 2.41 bits per heavy atom. The van der Waals surface area contributed by atoms with Crippen LogP contribution in [0, 0.1) is 12.3 Å². The van der Waals surface area contributed by atoms with Gasteiger partial charge in [0.15, 0.2) is 0 Å². The average Bonchev–Trinajstić information content (AvgIpc) is 2.42. The van der Waals surface area contributed by atoms with E-state index in [4.69, 9.17) is 17.4 Å². The second kappa shape index (κ2) is 5.38. The highest BCUT2D eigenvalue weighted by Gasteiger charge is 2.21. The minimum absolute atomic E-state index is 0.210. The minimum Gasteiger partial charge on any atom is -0.271 e. The number of hydrazine groups is 1. The Morgan fingerprint density at radius 1 is 1.47 bits per heavy atom. The molecule has 3 N–H and O–H groups in total. The lowest BCUT2D eigenvalue weighted by atomic mass is 9.87. The number of nitrogens with two attached hydrogens (primary N) is 1. The van der Waals surface area contributed by atoms with Gasteiger partial charge in [-0.25, -0.2) is 0 Å². The lowest BCUT2D eigenvalue weighted by Crippen LogP contribution is -2.39. The van der Waals surface area contributed by atoms with Crippen molar-refractivity contribution in [2.75, 3.05) is 0 Å². The quantitative estimate of drug-likeness (QED) is 0.643. The van der Waals surface area contributed by atoms with Crippen molar-refractivity contribution < 1.29 is 0 Å². The third-order valence-electron chi connectivity index (χ3n) is 2.80. The van der Waals surface area contributed by atoms with Crippen molar-refractivity contribution in [1.82, 2.24) is 15.2 Å². The van der Waals surface area contributed by atoms with Crippen molar-refractivity contribution in [3.8, 4) is 0 Å². The van der Waals surface area contributed by atoms with Gasteiger partial charge in [-0.2, -0.15) is 5.10 Å². The second-order valence-electron chi connectivity index (χ2n) is 5.80. The summed E-state index contributed by atoms with van der Waals surface area (Å²) >= 11 is 6.23. The fraction of sp³-hybridized carbons (Fsp3) is 0.750. The molecule has 0 aliphatic heterocycles. The Morgan fingerprint density at radius 2 is 2.06 bits per heavy atom. The third kappa shape index (κ3) is 3.98. The van der Waals surface area contributed by atoms with Gasteiger partial charge in [-0.05, 0) is 18.8 Å². The molecule has 0 aliphatic carbocycles. The van der Waals surface area contributed by atoms with E-state index in [0.717, 1.165) is 29.3 Å². The Bertz CT molecular complexity index is 379. The summed E-state index contributed by atoms with van der Waals surface area (Å²) in [5, 5.41) is 5.06. The first-order chi connectivity index (χ1) is 7.74. The summed E-state index contributed by atoms with van der Waals surface area (Å²) in [6.07, 6.45) is 1.79. The number of hydrogen-bond donors (Lipinski definition) is 2. The first kappa shape index (κ1) is 14.5. The summed E-state index contributed by atoms with van der Waals surface area (Å²) in [6.45, 7) is 8.52. The predicted molar refractivity (Wildman–Crippen MR) is 71.8 cm³/mol. The number of nitrogens with zero attached hydrogens (tertiary/aromatic N) is 2. The third-order valence-corrected chi connectivity index (χ3v) is 3.29. The van der Waals surface area contributed by atoms with Gasteiger partial charge < -0.3 is 0 Å². The fourth-order valence-corrected chi connectivity index (χ4v) is 2.30. The maximum Gasteiger partial charge on any atom is 0.0847 e. The van der Waals surface area contributed by atoms with Crippen LogP contribution in [0.5, 0.6) is 0 Å². The van der Waals surface area contributed by atoms with Crippen LogP contribution in [0.2, 0.25) is 5.02 Å². The number of halogens is 1. The SMILES string of the molecule is Cc1nn(C)c(CC(CC(C)(C)C)NN)c1Cl. The van der Waals surface area contributed by atoms with E-state index in [2.05, 4.69) is 31.3 Å². The van der Waals surface area contributed by atoms with Crippen molar-refractivity contribution in [3.63, 3.8) is 0 Å². The summed E-state index contributed by atoms with van der Waals surface area (Å²) < 4.78 is 1.84. The number of aryl methyl sites for hydroxylation is 2. The van der Waals surface area contributed by atoms with E-state index >= 15 is 0 Å². The van der Waals surface area contributed by atoms with Crippen LogP contribution in [0.15, 0.2) is 0 Å². The van der Waals surface area contributed by atoms with E-state index in [9.17, 15) is 0 Å². The average molecular weight is 259 g/mol. The zero-order valence-electron chi connectivity index (χ0n) is 11.3. The molecule has 0 bridgehead atoms. The standard InChI is InChI=1S/C12H23ClN4/c1-8-11(13)10(17(5)16-8)6-9(15-14)7-12(2,3)4/h9,15H,6-7,14H2,1-5H3. The van der Waals surface area contributed by atoms with Crippen molar-refractivity contribution in [2.45, 2.75) is 46.6 Å². The number of aromatic nitrogens is 2. The topological polar surface area (TPSA) is 55.9 Å². The van der Waals surface area contributed by atoms with E-state index in [0.29, 0.717) is 0 Å². The van der Waals surface area contributed by atoms with Crippen LogP contribution < -0.4 is 11.3 Å². The molecular weight excluding hydrogens is 236 g/mol. The van der Waals surface area contributed by atoms with Gasteiger partial charge in [0.1, 0.15) is 0 Å². The van der Waals surface area contributed by atoms with Crippen LogP contribution in [0.1, 0.15) is 38.6 Å². The fourth-order valence-electron chi connectivity index (χ4n) is 2.06. The highest BCUT2D eigenvalue weighted by atomic mass is 35.5. The van der Waals surface area contributed by atoms with Crippen molar-refractivity contribution in [3.05, 3.63) is 16.4 Å². The van der Waals surface area contributed by atoms with Gasteiger partial charge in [-0.3, -0.25) is 16.0 Å². The molecule has 1 aromatic heterocycles. The number of hydrogen-bond acceptors (Lipinski definition) is 3. The first-order valence-corrected chi connectivity index (χ1v) is 6.26. The predicted octanol–water partition coefficient (Wildman–Crippen LogP) is 2.19. The van der Waals surface area contributed by atoms with Crippen LogP contribution >= 0.6 is 11.6 Å². The molecule has 0 aromatic carbocycles. The maximum absolute atomic E-state index is 6.23. The van der Waals surface area contributed by atoms with Gasteiger partial charge in [0.25, 0.3) is 0 Å². The molecule has 4 nitrogen and oxygen atoms in total. The Hall–Kier alpha value is -0.580. The molecule has 5 heteroatoms. The molecule has 0 spiro atoms. The highest BCUT2D eigenvalue weighted by Crippen LogP contribution is 2.25. The molecule has 1 unspecified atom stereocenters. The van der Waals surface area contributed by atoms with E-state index in [1.807, 2.05) is 18.7 Å². The molecule has 1 rings (SSSR count). The largest absolute Gasteiger partial charge is 0.271 e. The van der Waals surface area contributed by atoms with Crippen LogP contribution in [-0.2, 0) is 13.5 Å². The molecule has 0 saturated carbocycles. The van der Waals surface area contributed by atoms with Gasteiger partial charge in [0.05, 0.1) is 16.4 Å². The van der Waals surface area contributed by atoms with Gasteiger partial charge in [0.2, 0.25) is 0 Å². The van der Waals surface area contributed by atoms with Crippen LogP contribution in [0.4, 0.5) is 0 Å². The highest BCUT2D eigenvalue weighted by molar-refractivity contribution is 6.31. The minimum atomic E-state index is 0.210. The first-order valence-electron chi connectivity index (χ1n) is 5.88. The van der Waals surface area contributed by atoms with Gasteiger partial charge in [-0.15, -0.1) is 0 Å². The van der Waals surface area contributed by atoms with E-state index in [1.165, 1.54) is 0 Å². The molecule has 1 atom stereocenters. The Balaban J connectivity index is 2.81. The zero-order valence-corrected chi connectivity index (χ0v) is 12.1. The molecular formula is C12H23ClN4. The molecule has 17 heavy (non-hydrogen) atoms. The lowest BCUT2D eigenvalue weighted by molar-refractivity contribution is 0.306. The van der Waals surface area contributed by atoms with Gasteiger partial charge in [-0.1, -0.05) is 32.4 Å². The van der Waals surface area contributed by atoms with Crippen LogP contribution in [-0.4, -0.2) is 15.8 Å². The summed E-state index contributed by atoms with van der Waals surface area (Å²) in [5.74, 6) is 5.61. The smallest absolute Gasteiger partial charge is 0.0847 e. The molecule has 98 valence electrons. The van der Waals surface area contributed by atoms with Gasteiger partial charge in [0, 0.05) is 19.5 Å². The summed E-state index contributed by atoms with van der Waals surface area (Å²) in [4.78, 5) is 0. The van der Waals surface area contributed by atoms with E-state index in [-0.39, 0.29) is 11.5 Å². The maximum atomic E-state index is 6.23. The molecule has 0 amide bonds. The molecule has 1 heterocycles. The van der Waals surface area contributed by atoms with Crippen molar-refractivity contribution in [1.29, 1.82) is 0 Å². The molecule has 0 fully saturated rings. The van der Waals surface area contributed by atoms with E-state index in [1.54, 1.807) is 0 Å². The summed E-state index contributed by atoms with van der Waals surface area (Å²) in [5.41, 5.74) is 5.01. The zero-order chi connectivity index (χ0) is 13.2. The second-order valence-corrected chi connectivity index (χ2v) is 6.18. The van der Waals surface area contributed by atoms with Gasteiger partial charge >= 0.3 is 0 Å². The molecule has 0 aliphatic rings. The lowest BCUT2D eigenvalue weighted by Gasteiger charge is -2.25. The molecule has 1 aromatic rings. The normalized spacial score (nSPS) is 14.1. The van der Waals surface area contributed by atoms with Crippen molar-refractivity contribution >= 4 is 11.6 Å². The van der Waals surface area contributed by atoms with E-state index < -0.39 is 0 Å². The number of nitrogens with one attached hydrogen (secondary N) is 1. The van der Waals surface area contributed by atoms with Crippen LogP contribution in [0.3, 0.4) is 0 Å². The monoisotopic (exact) mass is 258 g/mol.